The molecule has 0 spiro atoms. The molecule has 7 heteroatoms. The second kappa shape index (κ2) is 14.0. The minimum absolute atomic E-state index is 0. The van der Waals surface area contributed by atoms with Gasteiger partial charge in [-0.1, -0.05) is 13.8 Å². The minimum Gasteiger partial charge on any atom is -0.492 e. The molecule has 0 saturated carbocycles. The summed E-state index contributed by atoms with van der Waals surface area (Å²) in [6.07, 6.45) is 2.27. The van der Waals surface area contributed by atoms with Crippen LogP contribution in [0.15, 0.2) is 42.5 Å². The van der Waals surface area contributed by atoms with Crippen LogP contribution in [0.25, 0.3) is 21.8 Å². The molecule has 0 aliphatic heterocycles. The van der Waals surface area contributed by atoms with Crippen molar-refractivity contribution in [2.45, 2.75) is 26.7 Å². The summed E-state index contributed by atoms with van der Waals surface area (Å²) < 4.78 is 11.7. The number of halogens is 1. The predicted molar refractivity (Wildman–Crippen MR) is 127 cm³/mol. The summed E-state index contributed by atoms with van der Waals surface area (Å²) in [7, 11) is 0. The number of pyridine rings is 1. The predicted octanol–water partition coefficient (Wildman–Crippen LogP) is 3.74. The monoisotopic (exact) mass is 435 g/mol. The quantitative estimate of drug-likeness (QED) is 0.334. The number of hydrogen-bond donors (Lipinski definition) is 2. The Labute approximate surface area is 185 Å². The molecular formula is C23H34ClN3O3. The highest BCUT2D eigenvalue weighted by atomic mass is 35.5. The van der Waals surface area contributed by atoms with Crippen LogP contribution in [0.2, 0.25) is 0 Å². The summed E-state index contributed by atoms with van der Waals surface area (Å²) in [5, 5.41) is 8.91. The first-order valence-electron chi connectivity index (χ1n) is 10.3. The van der Waals surface area contributed by atoms with E-state index in [4.69, 9.17) is 14.5 Å². The highest BCUT2D eigenvalue weighted by Crippen LogP contribution is 2.26. The molecule has 1 heterocycles. The maximum absolute atomic E-state index is 5.85. The van der Waals surface area contributed by atoms with Crippen molar-refractivity contribution in [1.29, 1.82) is 0 Å². The molecule has 166 valence electrons. The van der Waals surface area contributed by atoms with Gasteiger partial charge in [0.1, 0.15) is 24.7 Å². The first-order chi connectivity index (χ1) is 13.8. The van der Waals surface area contributed by atoms with Crippen molar-refractivity contribution < 1.29 is 14.9 Å². The van der Waals surface area contributed by atoms with Crippen LogP contribution < -0.4 is 20.1 Å². The molecule has 0 atom stereocenters. The Balaban J connectivity index is 0.00000225. The van der Waals surface area contributed by atoms with Gasteiger partial charge in [-0.2, -0.15) is 0 Å². The number of benzene rings is 2. The fourth-order valence-corrected chi connectivity index (χ4v) is 3.05. The van der Waals surface area contributed by atoms with Gasteiger partial charge in [0.25, 0.3) is 0 Å². The van der Waals surface area contributed by atoms with Gasteiger partial charge >= 0.3 is 0 Å². The van der Waals surface area contributed by atoms with Gasteiger partial charge in [-0.3, -0.25) is 0 Å². The molecule has 0 aliphatic rings. The van der Waals surface area contributed by atoms with Crippen molar-refractivity contribution >= 4 is 34.2 Å². The Morgan fingerprint density at radius 3 is 1.60 bits per heavy atom. The van der Waals surface area contributed by atoms with Gasteiger partial charge in [-0.15, -0.1) is 12.4 Å². The number of hydrogen-bond acceptors (Lipinski definition) is 5. The van der Waals surface area contributed by atoms with Gasteiger partial charge in [0.2, 0.25) is 0 Å². The maximum atomic E-state index is 5.85. The molecule has 1 aromatic heterocycles. The molecule has 30 heavy (non-hydrogen) atoms. The van der Waals surface area contributed by atoms with E-state index in [-0.39, 0.29) is 17.9 Å². The number of aromatic nitrogens is 1. The SMILES string of the molecule is CCCNCCOc1ccc2cc3ccc(OCCNCCC)cc3nc2c1.Cl.O. The molecule has 3 aromatic rings. The van der Waals surface area contributed by atoms with E-state index in [0.717, 1.165) is 72.3 Å². The van der Waals surface area contributed by atoms with Gasteiger partial charge in [0.05, 0.1) is 11.0 Å². The van der Waals surface area contributed by atoms with Crippen LogP contribution >= 0.6 is 12.4 Å². The van der Waals surface area contributed by atoms with E-state index in [0.29, 0.717) is 13.2 Å². The Bertz CT molecular complexity index is 823. The molecule has 0 saturated heterocycles. The molecule has 0 bridgehead atoms. The van der Waals surface area contributed by atoms with E-state index >= 15 is 0 Å². The van der Waals surface area contributed by atoms with Crippen LogP contribution in [0.5, 0.6) is 11.5 Å². The second-order valence-corrected chi connectivity index (χ2v) is 6.89. The van der Waals surface area contributed by atoms with Crippen LogP contribution in [-0.4, -0.2) is 49.9 Å². The number of fused-ring (bicyclic) bond motifs is 2. The van der Waals surface area contributed by atoms with Crippen molar-refractivity contribution in [1.82, 2.24) is 15.6 Å². The van der Waals surface area contributed by atoms with Gasteiger partial charge in [0.15, 0.2) is 0 Å². The Kier molecular flexibility index (Phi) is 12.1. The van der Waals surface area contributed by atoms with Gasteiger partial charge in [0, 0.05) is 36.0 Å². The number of nitrogens with zero attached hydrogens (tertiary/aromatic N) is 1. The van der Waals surface area contributed by atoms with E-state index in [9.17, 15) is 0 Å². The smallest absolute Gasteiger partial charge is 0.121 e. The van der Waals surface area contributed by atoms with E-state index in [1.165, 1.54) is 0 Å². The third-order valence-electron chi connectivity index (χ3n) is 4.50. The maximum Gasteiger partial charge on any atom is 0.121 e. The van der Waals surface area contributed by atoms with E-state index in [1.54, 1.807) is 0 Å². The Hall–Kier alpha value is -2.12. The molecule has 0 fully saturated rings. The summed E-state index contributed by atoms with van der Waals surface area (Å²) in [5.41, 5.74) is 1.88. The Morgan fingerprint density at radius 2 is 1.17 bits per heavy atom. The lowest BCUT2D eigenvalue weighted by atomic mass is 10.1. The van der Waals surface area contributed by atoms with Crippen LogP contribution in [0.4, 0.5) is 0 Å². The minimum atomic E-state index is 0. The fraction of sp³-hybridized carbons (Fsp3) is 0.435. The van der Waals surface area contributed by atoms with Crippen molar-refractivity contribution in [3.8, 4) is 11.5 Å². The third-order valence-corrected chi connectivity index (χ3v) is 4.50. The summed E-state index contributed by atoms with van der Waals surface area (Å²) in [4.78, 5) is 4.82. The van der Waals surface area contributed by atoms with Crippen molar-refractivity contribution in [3.05, 3.63) is 42.5 Å². The van der Waals surface area contributed by atoms with E-state index in [2.05, 4.69) is 42.7 Å². The highest BCUT2D eigenvalue weighted by Gasteiger charge is 2.04. The lowest BCUT2D eigenvalue weighted by molar-refractivity contribution is 0.314. The van der Waals surface area contributed by atoms with E-state index < -0.39 is 0 Å². The van der Waals surface area contributed by atoms with Crippen molar-refractivity contribution in [2.75, 3.05) is 39.4 Å². The van der Waals surface area contributed by atoms with Gasteiger partial charge in [-0.25, -0.2) is 4.98 Å². The molecule has 6 nitrogen and oxygen atoms in total. The first-order valence-corrected chi connectivity index (χ1v) is 10.3. The average Bonchev–Trinajstić information content (AvgIpc) is 2.72. The van der Waals surface area contributed by atoms with Crippen LogP contribution in [-0.2, 0) is 0 Å². The average molecular weight is 436 g/mol. The zero-order valence-electron chi connectivity index (χ0n) is 17.9. The molecule has 0 radical (unpaired) electrons. The summed E-state index contributed by atoms with van der Waals surface area (Å²) in [6, 6.07) is 14.3. The largest absolute Gasteiger partial charge is 0.492 e. The van der Waals surface area contributed by atoms with Crippen LogP contribution in [0.3, 0.4) is 0 Å². The van der Waals surface area contributed by atoms with Crippen molar-refractivity contribution in [3.63, 3.8) is 0 Å². The zero-order chi connectivity index (χ0) is 19.6. The molecule has 0 aliphatic carbocycles. The molecular weight excluding hydrogens is 402 g/mol. The van der Waals surface area contributed by atoms with E-state index in [1.807, 2.05) is 24.3 Å². The topological polar surface area (TPSA) is 86.9 Å². The van der Waals surface area contributed by atoms with Gasteiger partial charge < -0.3 is 25.6 Å². The van der Waals surface area contributed by atoms with Crippen molar-refractivity contribution in [2.24, 2.45) is 0 Å². The lowest BCUT2D eigenvalue weighted by Crippen LogP contribution is -2.21. The summed E-state index contributed by atoms with van der Waals surface area (Å²) in [6.45, 7) is 9.38. The normalized spacial score (nSPS) is 10.5. The molecule has 0 unspecified atom stereocenters. The molecule has 0 amide bonds. The Morgan fingerprint density at radius 1 is 0.700 bits per heavy atom. The summed E-state index contributed by atoms with van der Waals surface area (Å²) >= 11 is 0. The van der Waals surface area contributed by atoms with Gasteiger partial charge in [-0.05, 0) is 56.3 Å². The van der Waals surface area contributed by atoms with Crippen LogP contribution in [0.1, 0.15) is 26.7 Å². The number of rotatable bonds is 12. The number of nitrogens with one attached hydrogen (secondary N) is 2. The highest BCUT2D eigenvalue weighted by molar-refractivity contribution is 5.93. The van der Waals surface area contributed by atoms with Crippen LogP contribution in [0, 0.1) is 0 Å². The third kappa shape index (κ3) is 7.61. The molecule has 2 aromatic carbocycles. The molecule has 4 N–H and O–H groups in total. The summed E-state index contributed by atoms with van der Waals surface area (Å²) in [5.74, 6) is 1.71. The fourth-order valence-electron chi connectivity index (χ4n) is 3.05. The second-order valence-electron chi connectivity index (χ2n) is 6.89. The first kappa shape index (κ1) is 25.9. The molecule has 3 rings (SSSR count). The standard InChI is InChI=1S/C23H31N3O2.ClH.H2O/c1-3-9-24-11-13-27-20-7-5-18-15-19-6-8-21(28-14-12-25-10-4-2)17-23(19)26-22(18)16-20;;/h5-8,15-17,24-25H,3-4,9-14H2,1-2H3;1H;1H2. The zero-order valence-corrected chi connectivity index (χ0v) is 18.7. The lowest BCUT2D eigenvalue weighted by Gasteiger charge is -2.10. The number of ether oxygens (including phenoxy) is 2.